The molecular formula is C16H21NO. The van der Waals surface area contributed by atoms with Gasteiger partial charge in [-0.15, -0.1) is 0 Å². The smallest absolute Gasteiger partial charge is 0.211 e. The molecule has 0 heterocycles. The molecule has 2 heteroatoms. The van der Waals surface area contributed by atoms with Crippen molar-refractivity contribution in [2.24, 2.45) is 10.4 Å². The van der Waals surface area contributed by atoms with Crippen molar-refractivity contribution in [1.29, 1.82) is 0 Å². The minimum absolute atomic E-state index is 0.222. The van der Waals surface area contributed by atoms with Crippen molar-refractivity contribution in [3.05, 3.63) is 48.1 Å². The van der Waals surface area contributed by atoms with Gasteiger partial charge in [0, 0.05) is 5.41 Å². The van der Waals surface area contributed by atoms with E-state index in [9.17, 15) is 4.79 Å². The summed E-state index contributed by atoms with van der Waals surface area (Å²) in [6, 6.07) is 0. The maximum atomic E-state index is 10.5. The zero-order chi connectivity index (χ0) is 14.0. The SMILES string of the molecule is C=C(C)C1(C(=C)C)C=CC=C(C(C)(C)N=C=O)C1. The lowest BCUT2D eigenvalue weighted by atomic mass is 9.67. The van der Waals surface area contributed by atoms with Gasteiger partial charge in [-0.05, 0) is 39.7 Å². The Bertz CT molecular complexity index is 471. The summed E-state index contributed by atoms with van der Waals surface area (Å²) in [6.07, 6.45) is 8.58. The fraction of sp³-hybridized carbons (Fsp3) is 0.438. The lowest BCUT2D eigenvalue weighted by molar-refractivity contribution is 0.472. The summed E-state index contributed by atoms with van der Waals surface area (Å²) in [4.78, 5) is 14.4. The van der Waals surface area contributed by atoms with Crippen LogP contribution in [0.25, 0.3) is 0 Å². The Kier molecular flexibility index (Phi) is 3.93. The Morgan fingerprint density at radius 3 is 2.39 bits per heavy atom. The molecule has 0 aromatic heterocycles. The number of nitrogens with zero attached hydrogens (tertiary/aromatic N) is 1. The van der Waals surface area contributed by atoms with Crippen LogP contribution in [0.5, 0.6) is 0 Å². The van der Waals surface area contributed by atoms with Crippen LogP contribution in [-0.4, -0.2) is 11.6 Å². The van der Waals surface area contributed by atoms with Gasteiger partial charge in [0.25, 0.3) is 0 Å². The van der Waals surface area contributed by atoms with Crippen LogP contribution < -0.4 is 0 Å². The molecule has 0 radical (unpaired) electrons. The van der Waals surface area contributed by atoms with Gasteiger partial charge in [-0.2, -0.15) is 4.99 Å². The molecule has 0 amide bonds. The molecular weight excluding hydrogens is 222 g/mol. The minimum atomic E-state index is -0.525. The summed E-state index contributed by atoms with van der Waals surface area (Å²) in [5.41, 5.74) is 2.47. The van der Waals surface area contributed by atoms with Gasteiger partial charge in [0.2, 0.25) is 6.08 Å². The first-order valence-electron chi connectivity index (χ1n) is 6.06. The van der Waals surface area contributed by atoms with Crippen molar-refractivity contribution in [1.82, 2.24) is 0 Å². The topological polar surface area (TPSA) is 29.4 Å². The molecule has 0 saturated carbocycles. The van der Waals surface area contributed by atoms with Crippen molar-refractivity contribution >= 4 is 6.08 Å². The highest BCUT2D eigenvalue weighted by atomic mass is 16.1. The molecule has 0 aliphatic heterocycles. The molecule has 1 rings (SSSR count). The van der Waals surface area contributed by atoms with Crippen LogP contribution in [0.3, 0.4) is 0 Å². The Morgan fingerprint density at radius 2 is 1.94 bits per heavy atom. The number of hydrogen-bond acceptors (Lipinski definition) is 2. The first-order valence-corrected chi connectivity index (χ1v) is 6.06. The summed E-state index contributed by atoms with van der Waals surface area (Å²) in [6.45, 7) is 16.0. The van der Waals surface area contributed by atoms with Crippen molar-refractivity contribution in [2.75, 3.05) is 0 Å². The van der Waals surface area contributed by atoms with Gasteiger partial charge in [-0.25, -0.2) is 4.79 Å². The van der Waals surface area contributed by atoms with Crippen LogP contribution in [0.2, 0.25) is 0 Å². The highest BCUT2D eigenvalue weighted by Gasteiger charge is 2.36. The number of carbonyl (C=O) groups excluding carboxylic acids is 1. The van der Waals surface area contributed by atoms with E-state index in [0.717, 1.165) is 23.1 Å². The van der Waals surface area contributed by atoms with Crippen LogP contribution in [0.15, 0.2) is 53.1 Å². The number of aliphatic imine (C=N–C) groups is 1. The maximum Gasteiger partial charge on any atom is 0.235 e. The van der Waals surface area contributed by atoms with E-state index < -0.39 is 5.54 Å². The predicted molar refractivity (Wildman–Crippen MR) is 76.1 cm³/mol. The van der Waals surface area contributed by atoms with Crippen molar-refractivity contribution in [3.63, 3.8) is 0 Å². The standard InChI is InChI=1S/C16H21NO/c1-12(2)16(13(3)4)9-7-8-14(10-16)15(5,6)17-11-18/h7-9H,1,3,10H2,2,4-6H3. The van der Waals surface area contributed by atoms with E-state index in [1.54, 1.807) is 6.08 Å². The monoisotopic (exact) mass is 243 g/mol. The van der Waals surface area contributed by atoms with Gasteiger partial charge in [0.05, 0.1) is 5.54 Å². The molecule has 1 aliphatic rings. The molecule has 0 spiro atoms. The van der Waals surface area contributed by atoms with E-state index >= 15 is 0 Å². The van der Waals surface area contributed by atoms with E-state index in [0.29, 0.717) is 0 Å². The average Bonchev–Trinajstić information content (AvgIpc) is 2.28. The van der Waals surface area contributed by atoms with E-state index in [1.165, 1.54) is 0 Å². The molecule has 2 nitrogen and oxygen atoms in total. The third kappa shape index (κ3) is 2.44. The summed E-state index contributed by atoms with van der Waals surface area (Å²) in [7, 11) is 0. The summed E-state index contributed by atoms with van der Waals surface area (Å²) in [5, 5.41) is 0. The first kappa shape index (κ1) is 14.4. The van der Waals surface area contributed by atoms with E-state index in [1.807, 2.05) is 39.8 Å². The van der Waals surface area contributed by atoms with Crippen LogP contribution in [0, 0.1) is 5.41 Å². The summed E-state index contributed by atoms with van der Waals surface area (Å²) >= 11 is 0. The quantitative estimate of drug-likeness (QED) is 0.415. The van der Waals surface area contributed by atoms with E-state index in [-0.39, 0.29) is 5.41 Å². The summed E-state index contributed by atoms with van der Waals surface area (Å²) < 4.78 is 0. The Morgan fingerprint density at radius 1 is 1.39 bits per heavy atom. The Hall–Kier alpha value is -1.66. The second-order valence-corrected chi connectivity index (χ2v) is 5.52. The second-order valence-electron chi connectivity index (χ2n) is 5.52. The molecule has 0 N–H and O–H groups in total. The fourth-order valence-corrected chi connectivity index (χ4v) is 2.30. The first-order chi connectivity index (χ1) is 8.26. The largest absolute Gasteiger partial charge is 0.235 e. The zero-order valence-electron chi connectivity index (χ0n) is 11.7. The number of allylic oxidation sites excluding steroid dienone is 5. The summed E-state index contributed by atoms with van der Waals surface area (Å²) in [5.74, 6) is 0. The molecule has 0 saturated heterocycles. The van der Waals surface area contributed by atoms with Crippen LogP contribution >= 0.6 is 0 Å². The third-order valence-corrected chi connectivity index (χ3v) is 3.78. The zero-order valence-corrected chi connectivity index (χ0v) is 11.7. The van der Waals surface area contributed by atoms with Gasteiger partial charge >= 0.3 is 0 Å². The van der Waals surface area contributed by atoms with Gasteiger partial charge in [0.15, 0.2) is 0 Å². The molecule has 0 bridgehead atoms. The second kappa shape index (κ2) is 4.91. The van der Waals surface area contributed by atoms with Crippen molar-refractivity contribution < 1.29 is 4.79 Å². The van der Waals surface area contributed by atoms with Crippen LogP contribution in [0.1, 0.15) is 34.1 Å². The molecule has 96 valence electrons. The molecule has 0 fully saturated rings. The lowest BCUT2D eigenvalue weighted by Crippen LogP contribution is -2.30. The molecule has 18 heavy (non-hydrogen) atoms. The molecule has 1 aliphatic carbocycles. The maximum absolute atomic E-state index is 10.5. The Balaban J connectivity index is 3.22. The number of hydrogen-bond donors (Lipinski definition) is 0. The van der Waals surface area contributed by atoms with Gasteiger partial charge in [0.1, 0.15) is 0 Å². The highest BCUT2D eigenvalue weighted by molar-refractivity contribution is 5.44. The van der Waals surface area contributed by atoms with E-state index in [2.05, 4.69) is 24.2 Å². The molecule has 0 aromatic rings. The number of rotatable bonds is 4. The van der Waals surface area contributed by atoms with Crippen LogP contribution in [0.4, 0.5) is 0 Å². The highest BCUT2D eigenvalue weighted by Crippen LogP contribution is 2.46. The minimum Gasteiger partial charge on any atom is -0.211 e. The third-order valence-electron chi connectivity index (χ3n) is 3.78. The van der Waals surface area contributed by atoms with Crippen molar-refractivity contribution in [2.45, 2.75) is 39.7 Å². The van der Waals surface area contributed by atoms with E-state index in [4.69, 9.17) is 0 Å². The fourth-order valence-electron chi connectivity index (χ4n) is 2.30. The molecule has 0 unspecified atom stereocenters. The molecule has 0 atom stereocenters. The van der Waals surface area contributed by atoms with Gasteiger partial charge < -0.3 is 0 Å². The van der Waals surface area contributed by atoms with Crippen molar-refractivity contribution in [3.8, 4) is 0 Å². The normalized spacial score (nSPS) is 17.7. The molecule has 0 aromatic carbocycles. The van der Waals surface area contributed by atoms with Gasteiger partial charge in [-0.3, -0.25) is 0 Å². The Labute approximate surface area is 110 Å². The lowest BCUT2D eigenvalue weighted by Gasteiger charge is -2.38. The average molecular weight is 243 g/mol. The predicted octanol–water partition coefficient (Wildman–Crippen LogP) is 4.13. The van der Waals surface area contributed by atoms with Gasteiger partial charge in [-0.1, -0.05) is 42.5 Å². The number of isocyanates is 1. The van der Waals surface area contributed by atoms with Crippen LogP contribution in [-0.2, 0) is 4.79 Å².